The van der Waals surface area contributed by atoms with Gasteiger partial charge in [0.25, 0.3) is 0 Å². The molecule has 3 rings (SSSR count). The number of phenols is 1. The van der Waals surface area contributed by atoms with E-state index >= 15 is 0 Å². The number of aromatic hydroxyl groups is 1. The van der Waals surface area contributed by atoms with Crippen molar-refractivity contribution in [1.82, 2.24) is 5.43 Å². The van der Waals surface area contributed by atoms with Crippen molar-refractivity contribution in [3.8, 4) is 5.75 Å². The van der Waals surface area contributed by atoms with Gasteiger partial charge < -0.3 is 5.11 Å². The Morgan fingerprint density at radius 2 is 1.72 bits per heavy atom. The minimum absolute atomic E-state index is 0.112. The summed E-state index contributed by atoms with van der Waals surface area (Å²) in [6.45, 7) is 0. The van der Waals surface area contributed by atoms with Gasteiger partial charge in [0, 0.05) is 5.56 Å². The highest BCUT2D eigenvalue weighted by atomic mass is 32.2. The first-order chi connectivity index (χ1) is 8.83. The number of hydrazone groups is 1. The fraction of sp³-hybridized carbons (Fsp3) is 0.0714. The first-order valence-electron chi connectivity index (χ1n) is 5.67. The van der Waals surface area contributed by atoms with Crippen LogP contribution in [-0.4, -0.2) is 10.2 Å². The molecule has 0 aromatic heterocycles. The number of rotatable bonds is 2. The molecule has 0 unspecified atom stereocenters. The molecule has 4 heteroatoms. The van der Waals surface area contributed by atoms with Crippen LogP contribution in [0.15, 0.2) is 59.7 Å². The third kappa shape index (κ3) is 2.19. The number of thioether (sulfide) groups is 1. The van der Waals surface area contributed by atoms with Crippen LogP contribution in [0, 0.1) is 0 Å². The maximum absolute atomic E-state index is 9.27. The number of nitrogens with one attached hydrogen (secondary N) is 1. The maximum atomic E-state index is 9.27. The summed E-state index contributed by atoms with van der Waals surface area (Å²) >= 11 is 1.68. The zero-order valence-electron chi connectivity index (χ0n) is 9.58. The van der Waals surface area contributed by atoms with Gasteiger partial charge in [-0.15, -0.1) is 0 Å². The number of hydrogen-bond donors (Lipinski definition) is 2. The van der Waals surface area contributed by atoms with Gasteiger partial charge in [0.15, 0.2) is 0 Å². The third-order valence-electron chi connectivity index (χ3n) is 2.73. The molecule has 0 spiro atoms. The lowest BCUT2D eigenvalue weighted by molar-refractivity contribution is 0.475. The molecule has 0 radical (unpaired) electrons. The maximum Gasteiger partial charge on any atom is 0.126 e. The molecule has 1 aliphatic rings. The van der Waals surface area contributed by atoms with Crippen LogP contribution in [0.4, 0.5) is 0 Å². The Morgan fingerprint density at radius 3 is 2.44 bits per heavy atom. The van der Waals surface area contributed by atoms with Crippen molar-refractivity contribution in [1.29, 1.82) is 0 Å². The first kappa shape index (κ1) is 11.2. The second kappa shape index (κ2) is 4.74. The minimum atomic E-state index is 0.112. The van der Waals surface area contributed by atoms with Crippen molar-refractivity contribution in [2.45, 2.75) is 5.37 Å². The van der Waals surface area contributed by atoms with Crippen molar-refractivity contribution >= 4 is 16.8 Å². The van der Waals surface area contributed by atoms with Crippen LogP contribution in [0.2, 0.25) is 0 Å². The summed E-state index contributed by atoms with van der Waals surface area (Å²) in [4.78, 5) is 0. The Morgan fingerprint density at radius 1 is 1.00 bits per heavy atom. The van der Waals surface area contributed by atoms with E-state index in [0.29, 0.717) is 0 Å². The van der Waals surface area contributed by atoms with E-state index in [0.717, 1.165) is 16.2 Å². The number of hydrogen-bond acceptors (Lipinski definition) is 4. The standard InChI is InChI=1S/C14H12N2OS/c17-12-8-6-11(7-9-12)14-16-15-13(18-14)10-4-2-1-3-5-10/h1-9,14,16-17H/t14-/m1/s1. The SMILES string of the molecule is Oc1ccc([C@@H]2NN=C(c3ccccc3)S2)cc1. The average Bonchev–Trinajstić information content (AvgIpc) is 2.90. The van der Waals surface area contributed by atoms with Gasteiger partial charge in [-0.2, -0.15) is 5.10 Å². The Balaban J connectivity index is 1.76. The normalized spacial score (nSPS) is 18.2. The summed E-state index contributed by atoms with van der Waals surface area (Å²) in [5, 5.41) is 14.7. The van der Waals surface area contributed by atoms with Crippen LogP contribution < -0.4 is 5.43 Å². The Hall–Kier alpha value is -1.94. The molecular weight excluding hydrogens is 244 g/mol. The van der Waals surface area contributed by atoms with E-state index < -0.39 is 0 Å². The summed E-state index contributed by atoms with van der Waals surface area (Å²) in [5.74, 6) is 0.283. The van der Waals surface area contributed by atoms with E-state index in [1.807, 2.05) is 42.5 Å². The highest BCUT2D eigenvalue weighted by Gasteiger charge is 2.21. The van der Waals surface area contributed by atoms with Gasteiger partial charge in [0.05, 0.1) is 0 Å². The largest absolute Gasteiger partial charge is 0.508 e. The lowest BCUT2D eigenvalue weighted by Crippen LogP contribution is -2.05. The van der Waals surface area contributed by atoms with E-state index in [4.69, 9.17) is 0 Å². The molecule has 2 aromatic rings. The second-order valence-corrected chi connectivity index (χ2v) is 5.10. The molecule has 0 saturated carbocycles. The average molecular weight is 256 g/mol. The van der Waals surface area contributed by atoms with Crippen LogP contribution in [-0.2, 0) is 0 Å². The van der Waals surface area contributed by atoms with Gasteiger partial charge in [-0.25, -0.2) is 0 Å². The van der Waals surface area contributed by atoms with Gasteiger partial charge >= 0.3 is 0 Å². The summed E-state index contributed by atoms with van der Waals surface area (Å²) in [5.41, 5.74) is 5.34. The molecule has 0 saturated heterocycles. The monoisotopic (exact) mass is 256 g/mol. The minimum Gasteiger partial charge on any atom is -0.508 e. The lowest BCUT2D eigenvalue weighted by atomic mass is 10.2. The second-order valence-electron chi connectivity index (χ2n) is 4.00. The zero-order valence-corrected chi connectivity index (χ0v) is 10.4. The van der Waals surface area contributed by atoms with Gasteiger partial charge in [-0.1, -0.05) is 54.2 Å². The summed E-state index contributed by atoms with van der Waals surface area (Å²) in [6, 6.07) is 17.3. The Bertz CT molecular complexity index is 566. The smallest absolute Gasteiger partial charge is 0.126 e. The quantitative estimate of drug-likeness (QED) is 0.868. The number of phenolic OH excluding ortho intramolecular Hbond substituents is 1. The molecule has 3 nitrogen and oxygen atoms in total. The van der Waals surface area contributed by atoms with Crippen molar-refractivity contribution in [2.24, 2.45) is 5.10 Å². The van der Waals surface area contributed by atoms with Crippen LogP contribution >= 0.6 is 11.8 Å². The molecule has 1 heterocycles. The molecule has 2 N–H and O–H groups in total. The van der Waals surface area contributed by atoms with E-state index in [-0.39, 0.29) is 11.1 Å². The van der Waals surface area contributed by atoms with Crippen molar-refractivity contribution in [3.63, 3.8) is 0 Å². The number of benzene rings is 2. The Labute approximate surface area is 110 Å². The molecule has 18 heavy (non-hydrogen) atoms. The molecular formula is C14H12N2OS. The van der Waals surface area contributed by atoms with Crippen molar-refractivity contribution in [2.75, 3.05) is 0 Å². The van der Waals surface area contributed by atoms with Crippen LogP contribution in [0.5, 0.6) is 5.75 Å². The molecule has 2 aromatic carbocycles. The van der Waals surface area contributed by atoms with Gasteiger partial charge in [0.1, 0.15) is 16.2 Å². The fourth-order valence-corrected chi connectivity index (χ4v) is 2.79. The molecule has 0 amide bonds. The highest BCUT2D eigenvalue weighted by Crippen LogP contribution is 2.34. The van der Waals surface area contributed by atoms with Crippen molar-refractivity contribution < 1.29 is 5.11 Å². The predicted octanol–water partition coefficient (Wildman–Crippen LogP) is 3.09. The zero-order chi connectivity index (χ0) is 12.4. The molecule has 0 bridgehead atoms. The molecule has 0 fully saturated rings. The lowest BCUT2D eigenvalue weighted by Gasteiger charge is -2.09. The predicted molar refractivity (Wildman–Crippen MR) is 74.6 cm³/mol. The van der Waals surface area contributed by atoms with Crippen LogP contribution in [0.1, 0.15) is 16.5 Å². The van der Waals surface area contributed by atoms with Crippen LogP contribution in [0.3, 0.4) is 0 Å². The van der Waals surface area contributed by atoms with E-state index in [1.165, 1.54) is 0 Å². The Kier molecular flexibility index (Phi) is 2.94. The number of nitrogens with zero attached hydrogens (tertiary/aromatic N) is 1. The third-order valence-corrected chi connectivity index (χ3v) is 3.89. The van der Waals surface area contributed by atoms with E-state index in [1.54, 1.807) is 23.9 Å². The summed E-state index contributed by atoms with van der Waals surface area (Å²) in [6.07, 6.45) is 0. The van der Waals surface area contributed by atoms with E-state index in [9.17, 15) is 5.11 Å². The summed E-state index contributed by atoms with van der Waals surface area (Å²) < 4.78 is 0. The first-order valence-corrected chi connectivity index (χ1v) is 6.55. The van der Waals surface area contributed by atoms with E-state index in [2.05, 4.69) is 10.5 Å². The van der Waals surface area contributed by atoms with Gasteiger partial charge in [-0.05, 0) is 17.7 Å². The molecule has 1 aliphatic heterocycles. The molecule has 0 aliphatic carbocycles. The molecule has 90 valence electrons. The fourth-order valence-electron chi connectivity index (χ4n) is 1.79. The topological polar surface area (TPSA) is 44.6 Å². The molecule has 1 atom stereocenters. The van der Waals surface area contributed by atoms with Gasteiger partial charge in [-0.3, -0.25) is 5.43 Å². The van der Waals surface area contributed by atoms with Crippen molar-refractivity contribution in [3.05, 3.63) is 65.7 Å². The highest BCUT2D eigenvalue weighted by molar-refractivity contribution is 8.14. The summed E-state index contributed by atoms with van der Waals surface area (Å²) in [7, 11) is 0. The van der Waals surface area contributed by atoms with Gasteiger partial charge in [0.2, 0.25) is 0 Å². The van der Waals surface area contributed by atoms with Crippen LogP contribution in [0.25, 0.3) is 0 Å².